The number of nitrogens with zero attached hydrogens (tertiary/aromatic N) is 6. The van der Waals surface area contributed by atoms with Gasteiger partial charge in [-0.25, -0.2) is 15.0 Å². The van der Waals surface area contributed by atoms with Gasteiger partial charge >= 0.3 is 0 Å². The van der Waals surface area contributed by atoms with Crippen LogP contribution >= 0.6 is 0 Å². The van der Waals surface area contributed by atoms with E-state index in [0.29, 0.717) is 23.0 Å². The van der Waals surface area contributed by atoms with Crippen molar-refractivity contribution in [1.82, 2.24) is 19.9 Å². The second-order valence-electron chi connectivity index (χ2n) is 7.06. The van der Waals surface area contributed by atoms with E-state index in [9.17, 15) is 9.18 Å². The standard InChI is InChI=1S/C20H24FN7O/c1-22-16(11-27(2)3)19-25-15-7-5-6-14(15)20(26-19)28(4)12-18(29)24-13-8-9-17(21)23-10-13/h8-11H,1,5-7,12H2,2-4H3,(H,24,29)/b16-11-. The summed E-state index contributed by atoms with van der Waals surface area (Å²) < 4.78 is 12.9. The number of anilines is 2. The van der Waals surface area contributed by atoms with Gasteiger partial charge in [0.05, 0.1) is 18.4 Å². The van der Waals surface area contributed by atoms with Crippen LogP contribution < -0.4 is 10.2 Å². The second kappa shape index (κ2) is 8.76. The van der Waals surface area contributed by atoms with Gasteiger partial charge in [0.15, 0.2) is 5.82 Å². The molecule has 0 radical (unpaired) electrons. The molecule has 0 aromatic carbocycles. The molecule has 0 saturated carbocycles. The highest BCUT2D eigenvalue weighted by Crippen LogP contribution is 2.30. The number of hydrogen-bond acceptors (Lipinski definition) is 7. The number of carbonyl (C=O) groups is 1. The smallest absolute Gasteiger partial charge is 0.243 e. The van der Waals surface area contributed by atoms with Crippen molar-refractivity contribution in [3.05, 3.63) is 47.6 Å². The molecule has 0 fully saturated rings. The molecule has 0 unspecified atom stereocenters. The largest absolute Gasteiger partial charge is 0.382 e. The molecule has 29 heavy (non-hydrogen) atoms. The molecule has 0 aliphatic heterocycles. The number of aromatic nitrogens is 3. The molecule has 0 bridgehead atoms. The molecule has 152 valence electrons. The maximum atomic E-state index is 12.9. The van der Waals surface area contributed by atoms with Gasteiger partial charge in [-0.2, -0.15) is 4.39 Å². The monoisotopic (exact) mass is 397 g/mol. The highest BCUT2D eigenvalue weighted by molar-refractivity contribution is 5.93. The number of halogens is 1. The predicted molar refractivity (Wildman–Crippen MR) is 111 cm³/mol. The van der Waals surface area contributed by atoms with Crippen LogP contribution in [0.15, 0.2) is 29.5 Å². The highest BCUT2D eigenvalue weighted by Gasteiger charge is 2.23. The van der Waals surface area contributed by atoms with Crippen molar-refractivity contribution < 1.29 is 9.18 Å². The van der Waals surface area contributed by atoms with E-state index in [4.69, 9.17) is 0 Å². The lowest BCUT2D eigenvalue weighted by atomic mass is 10.2. The molecular formula is C20H24FN7O. The van der Waals surface area contributed by atoms with Gasteiger partial charge in [0.2, 0.25) is 11.9 Å². The van der Waals surface area contributed by atoms with Crippen LogP contribution in [0.5, 0.6) is 0 Å². The van der Waals surface area contributed by atoms with Gasteiger partial charge < -0.3 is 15.1 Å². The molecule has 2 aromatic heterocycles. The summed E-state index contributed by atoms with van der Waals surface area (Å²) in [7, 11) is 5.59. The van der Waals surface area contributed by atoms with Gasteiger partial charge in [0.1, 0.15) is 11.5 Å². The Bertz CT molecular complexity index is 941. The van der Waals surface area contributed by atoms with E-state index in [0.717, 1.165) is 30.5 Å². The highest BCUT2D eigenvalue weighted by atomic mass is 19.1. The van der Waals surface area contributed by atoms with Crippen molar-refractivity contribution in [2.24, 2.45) is 4.99 Å². The average Bonchev–Trinajstić information content (AvgIpc) is 3.15. The Kier molecular flexibility index (Phi) is 6.16. The Morgan fingerprint density at radius 1 is 1.31 bits per heavy atom. The molecular weight excluding hydrogens is 373 g/mol. The van der Waals surface area contributed by atoms with Gasteiger partial charge in [0.25, 0.3) is 0 Å². The number of amides is 1. The number of nitrogens with one attached hydrogen (secondary N) is 1. The minimum atomic E-state index is -0.596. The predicted octanol–water partition coefficient (Wildman–Crippen LogP) is 2.13. The van der Waals surface area contributed by atoms with Crippen LogP contribution in [0.4, 0.5) is 15.9 Å². The first-order valence-electron chi connectivity index (χ1n) is 9.25. The van der Waals surface area contributed by atoms with E-state index < -0.39 is 5.95 Å². The van der Waals surface area contributed by atoms with E-state index >= 15 is 0 Å². The number of carbonyl (C=O) groups excluding carboxylic acids is 1. The molecule has 8 nitrogen and oxygen atoms in total. The number of likely N-dealkylation sites (N-methyl/N-ethyl adjacent to an activating group) is 1. The van der Waals surface area contributed by atoms with Gasteiger partial charge in [-0.3, -0.25) is 9.79 Å². The molecule has 9 heteroatoms. The molecule has 1 N–H and O–H groups in total. The first-order valence-corrected chi connectivity index (χ1v) is 9.25. The molecule has 1 aliphatic carbocycles. The van der Waals surface area contributed by atoms with Crippen molar-refractivity contribution in [3.63, 3.8) is 0 Å². The first kappa shape index (κ1) is 20.4. The van der Waals surface area contributed by atoms with Crippen molar-refractivity contribution >= 4 is 29.8 Å². The second-order valence-corrected chi connectivity index (χ2v) is 7.06. The van der Waals surface area contributed by atoms with Gasteiger partial charge in [-0.1, -0.05) is 0 Å². The van der Waals surface area contributed by atoms with E-state index in [-0.39, 0.29) is 12.5 Å². The third-order valence-electron chi connectivity index (χ3n) is 4.44. The molecule has 1 amide bonds. The fourth-order valence-electron chi connectivity index (χ4n) is 3.20. The van der Waals surface area contributed by atoms with E-state index in [2.05, 4.69) is 32.0 Å². The third kappa shape index (κ3) is 4.92. The van der Waals surface area contributed by atoms with Crippen LogP contribution in [0.25, 0.3) is 5.70 Å². The van der Waals surface area contributed by atoms with Crippen molar-refractivity contribution in [2.75, 3.05) is 37.9 Å². The average molecular weight is 397 g/mol. The maximum absolute atomic E-state index is 12.9. The Morgan fingerprint density at radius 2 is 2.10 bits per heavy atom. The normalized spacial score (nSPS) is 13.0. The van der Waals surface area contributed by atoms with Gasteiger partial charge in [-0.05, 0) is 38.1 Å². The molecule has 3 rings (SSSR count). The number of rotatable bonds is 7. The van der Waals surface area contributed by atoms with Crippen LogP contribution in [0.1, 0.15) is 23.5 Å². The molecule has 0 atom stereocenters. The van der Waals surface area contributed by atoms with Crippen molar-refractivity contribution in [3.8, 4) is 0 Å². The van der Waals surface area contributed by atoms with E-state index in [1.54, 1.807) is 4.90 Å². The molecule has 0 spiro atoms. The van der Waals surface area contributed by atoms with Crippen LogP contribution in [0, 0.1) is 5.95 Å². The van der Waals surface area contributed by atoms with E-state index in [1.807, 2.05) is 32.2 Å². The lowest BCUT2D eigenvalue weighted by molar-refractivity contribution is -0.114. The number of hydrogen-bond donors (Lipinski definition) is 1. The van der Waals surface area contributed by atoms with Crippen LogP contribution in [0.2, 0.25) is 0 Å². The Balaban J connectivity index is 1.84. The summed E-state index contributed by atoms with van der Waals surface area (Å²) in [6.45, 7) is 3.70. The van der Waals surface area contributed by atoms with Gasteiger partial charge in [0, 0.05) is 38.6 Å². The zero-order chi connectivity index (χ0) is 21.0. The van der Waals surface area contributed by atoms with Crippen molar-refractivity contribution in [2.45, 2.75) is 19.3 Å². The van der Waals surface area contributed by atoms with Crippen LogP contribution in [-0.2, 0) is 17.6 Å². The minimum absolute atomic E-state index is 0.0779. The number of aliphatic imine (C=N–C) groups is 1. The number of fused-ring (bicyclic) bond motifs is 1. The SMILES string of the molecule is C=N/C(=C\N(C)C)c1nc2c(c(N(C)CC(=O)Nc3ccc(F)nc3)n1)CCC2. The minimum Gasteiger partial charge on any atom is -0.382 e. The fourth-order valence-corrected chi connectivity index (χ4v) is 3.20. The summed E-state index contributed by atoms with van der Waals surface area (Å²) in [5, 5.41) is 2.71. The molecule has 0 saturated heterocycles. The summed E-state index contributed by atoms with van der Waals surface area (Å²) >= 11 is 0. The quantitative estimate of drug-likeness (QED) is 0.569. The Labute approximate surface area is 169 Å². The Hall–Kier alpha value is -3.36. The zero-order valence-corrected chi connectivity index (χ0v) is 16.8. The fraction of sp³-hybridized carbons (Fsp3) is 0.350. The van der Waals surface area contributed by atoms with E-state index in [1.165, 1.54) is 18.3 Å². The summed E-state index contributed by atoms with van der Waals surface area (Å²) in [6.07, 6.45) is 5.82. The third-order valence-corrected chi connectivity index (χ3v) is 4.44. The Morgan fingerprint density at radius 3 is 2.76 bits per heavy atom. The molecule has 1 aliphatic rings. The number of aryl methyl sites for hydroxylation is 1. The maximum Gasteiger partial charge on any atom is 0.243 e. The molecule has 2 heterocycles. The van der Waals surface area contributed by atoms with Crippen LogP contribution in [0.3, 0.4) is 0 Å². The summed E-state index contributed by atoms with van der Waals surface area (Å²) in [6, 6.07) is 2.67. The lowest BCUT2D eigenvalue weighted by Gasteiger charge is -2.21. The van der Waals surface area contributed by atoms with Gasteiger partial charge in [-0.15, -0.1) is 0 Å². The summed E-state index contributed by atoms with van der Waals surface area (Å²) in [5.41, 5.74) is 3.04. The van der Waals surface area contributed by atoms with Crippen LogP contribution in [-0.4, -0.2) is 60.2 Å². The first-order chi connectivity index (χ1) is 13.9. The summed E-state index contributed by atoms with van der Waals surface area (Å²) in [4.78, 5) is 33.0. The number of pyridine rings is 1. The van der Waals surface area contributed by atoms with Crippen molar-refractivity contribution in [1.29, 1.82) is 0 Å². The topological polar surface area (TPSA) is 86.6 Å². The zero-order valence-electron chi connectivity index (χ0n) is 16.8. The lowest BCUT2D eigenvalue weighted by Crippen LogP contribution is -2.31. The molecule has 2 aromatic rings. The summed E-state index contributed by atoms with van der Waals surface area (Å²) in [5.74, 6) is 0.350.